The zero-order valence-electron chi connectivity index (χ0n) is 22.2. The van der Waals surface area contributed by atoms with Crippen LogP contribution in [0.2, 0.25) is 0 Å². The van der Waals surface area contributed by atoms with Crippen LogP contribution >= 0.6 is 22.7 Å². The van der Waals surface area contributed by atoms with Crippen molar-refractivity contribution in [2.75, 3.05) is 14.2 Å². The molecule has 6 rings (SSSR count). The molecule has 0 aliphatic heterocycles. The van der Waals surface area contributed by atoms with E-state index in [-0.39, 0.29) is 6.61 Å². The van der Waals surface area contributed by atoms with E-state index in [1.165, 1.54) is 11.3 Å². The number of aliphatic hydroxyl groups is 1. The Morgan fingerprint density at radius 1 is 1.03 bits per heavy atom. The fraction of sp³-hybridized carbons (Fsp3) is 0.250. The second-order valence-electron chi connectivity index (χ2n) is 8.24. The average molecular weight is 565 g/mol. The molecule has 6 aromatic rings. The van der Waals surface area contributed by atoms with Crippen LogP contribution < -0.4 is 14.2 Å². The van der Waals surface area contributed by atoms with Crippen molar-refractivity contribution < 1.29 is 23.7 Å². The van der Waals surface area contributed by atoms with E-state index < -0.39 is 0 Å². The lowest BCUT2D eigenvalue weighted by molar-refractivity contribution is 0.277. The Morgan fingerprint density at radius 3 is 2.59 bits per heavy atom. The highest BCUT2D eigenvalue weighted by Crippen LogP contribution is 2.38. The summed E-state index contributed by atoms with van der Waals surface area (Å²) in [6.45, 7) is 6.25. The standard InChI is InChI=1S/C26H22N4O5S2.C2H6/c1-14-20(12-31)27-24(36-14)16-6-4-5-15(7-16)13-34-21-8-17(32-2)9-22-18(21)10-23(35-22)19-11-30-25(28-19)37-26(29-30)33-3;1-2/h4-11,31H,12-13H2,1-3H3;1-2H3. The van der Waals surface area contributed by atoms with E-state index in [0.717, 1.165) is 26.4 Å². The average Bonchev–Trinajstić information content (AvgIpc) is 3.74. The molecule has 9 nitrogen and oxygen atoms in total. The van der Waals surface area contributed by atoms with Crippen LogP contribution in [0.25, 0.3) is 38.0 Å². The van der Waals surface area contributed by atoms with Crippen LogP contribution in [-0.2, 0) is 13.2 Å². The zero-order chi connectivity index (χ0) is 27.5. The van der Waals surface area contributed by atoms with Gasteiger partial charge in [0, 0.05) is 22.6 Å². The Kier molecular flexibility index (Phi) is 7.82. The van der Waals surface area contributed by atoms with Gasteiger partial charge in [-0.1, -0.05) is 32.0 Å². The molecule has 0 unspecified atom stereocenters. The highest BCUT2D eigenvalue weighted by Gasteiger charge is 2.17. The number of benzene rings is 2. The molecule has 0 atom stereocenters. The van der Waals surface area contributed by atoms with E-state index in [2.05, 4.69) is 21.1 Å². The molecule has 0 radical (unpaired) electrons. The number of thiazole rings is 1. The van der Waals surface area contributed by atoms with Crippen molar-refractivity contribution in [2.24, 2.45) is 0 Å². The van der Waals surface area contributed by atoms with Gasteiger partial charge in [0.2, 0.25) is 4.96 Å². The lowest BCUT2D eigenvalue weighted by Crippen LogP contribution is -1.97. The van der Waals surface area contributed by atoms with Gasteiger partial charge in [0.25, 0.3) is 5.19 Å². The fourth-order valence-corrected chi connectivity index (χ4v) is 5.60. The van der Waals surface area contributed by atoms with Crippen molar-refractivity contribution in [1.29, 1.82) is 0 Å². The number of hydrogen-bond donors (Lipinski definition) is 1. The molecule has 4 aromatic heterocycles. The summed E-state index contributed by atoms with van der Waals surface area (Å²) in [5, 5.41) is 16.0. The van der Waals surface area contributed by atoms with Gasteiger partial charge in [-0.05, 0) is 36.0 Å². The monoisotopic (exact) mass is 564 g/mol. The minimum Gasteiger partial charge on any atom is -0.496 e. The number of aryl methyl sites for hydroxylation is 1. The summed E-state index contributed by atoms with van der Waals surface area (Å²) in [4.78, 5) is 10.9. The van der Waals surface area contributed by atoms with Gasteiger partial charge in [-0.15, -0.1) is 16.4 Å². The first-order chi connectivity index (χ1) is 19.0. The predicted molar refractivity (Wildman–Crippen MR) is 153 cm³/mol. The molecular weight excluding hydrogens is 536 g/mol. The first-order valence-electron chi connectivity index (χ1n) is 12.4. The number of ether oxygens (including phenoxy) is 3. The topological polar surface area (TPSA) is 104 Å². The van der Waals surface area contributed by atoms with Gasteiger partial charge >= 0.3 is 0 Å². The second kappa shape index (κ2) is 11.4. The molecule has 0 aliphatic rings. The normalized spacial score (nSPS) is 11.0. The number of methoxy groups -OCH3 is 2. The quantitative estimate of drug-likeness (QED) is 0.216. The summed E-state index contributed by atoms with van der Waals surface area (Å²) in [7, 11) is 3.19. The van der Waals surface area contributed by atoms with Gasteiger partial charge < -0.3 is 23.7 Å². The van der Waals surface area contributed by atoms with Gasteiger partial charge in [0.15, 0.2) is 5.76 Å². The van der Waals surface area contributed by atoms with Crippen LogP contribution in [0, 0.1) is 6.92 Å². The predicted octanol–water partition coefficient (Wildman–Crippen LogP) is 6.75. The molecule has 2 aromatic carbocycles. The van der Waals surface area contributed by atoms with Crippen LogP contribution in [0.15, 0.2) is 53.1 Å². The molecule has 39 heavy (non-hydrogen) atoms. The Morgan fingerprint density at radius 2 is 1.87 bits per heavy atom. The first-order valence-corrected chi connectivity index (χ1v) is 14.0. The Hall–Kier alpha value is -3.93. The maximum atomic E-state index is 9.49. The van der Waals surface area contributed by atoms with Crippen LogP contribution in [0.3, 0.4) is 0 Å². The second-order valence-corrected chi connectivity index (χ2v) is 10.4. The molecule has 202 valence electrons. The summed E-state index contributed by atoms with van der Waals surface area (Å²) in [5.41, 5.74) is 3.99. The molecular formula is C28H28N4O5S2. The van der Waals surface area contributed by atoms with E-state index in [1.54, 1.807) is 36.3 Å². The van der Waals surface area contributed by atoms with Crippen molar-refractivity contribution in [3.05, 3.63) is 64.8 Å². The molecule has 0 fully saturated rings. The maximum Gasteiger partial charge on any atom is 0.294 e. The zero-order valence-corrected chi connectivity index (χ0v) is 23.9. The Bertz CT molecular complexity index is 1700. The number of nitrogens with zero attached hydrogens (tertiary/aromatic N) is 4. The summed E-state index contributed by atoms with van der Waals surface area (Å²) in [6, 6.07) is 13.6. The summed E-state index contributed by atoms with van der Waals surface area (Å²) < 4.78 is 24.7. The van der Waals surface area contributed by atoms with E-state index in [4.69, 9.17) is 18.6 Å². The van der Waals surface area contributed by atoms with Crippen molar-refractivity contribution in [1.82, 2.24) is 19.6 Å². The lowest BCUT2D eigenvalue weighted by Gasteiger charge is -2.10. The molecule has 11 heteroatoms. The molecule has 0 aliphatic carbocycles. The van der Waals surface area contributed by atoms with Gasteiger partial charge in [-0.3, -0.25) is 0 Å². The van der Waals surface area contributed by atoms with E-state index in [0.29, 0.717) is 51.0 Å². The molecule has 0 bridgehead atoms. The molecule has 4 heterocycles. The van der Waals surface area contributed by atoms with Crippen molar-refractivity contribution >= 4 is 38.6 Å². The SMILES string of the molecule is CC.COc1cc(OCc2cccc(-c3nc(CO)c(C)s3)c2)c2cc(-c3cn4nc(OC)sc4n3)oc2c1. The summed E-state index contributed by atoms with van der Waals surface area (Å²) in [5.74, 6) is 1.87. The molecule has 0 spiro atoms. The third-order valence-corrected chi connectivity index (χ3v) is 7.82. The van der Waals surface area contributed by atoms with Gasteiger partial charge in [-0.2, -0.15) is 0 Å². The smallest absolute Gasteiger partial charge is 0.294 e. The maximum absolute atomic E-state index is 9.49. The largest absolute Gasteiger partial charge is 0.496 e. The van der Waals surface area contributed by atoms with Crippen molar-refractivity contribution in [3.8, 4) is 38.7 Å². The summed E-state index contributed by atoms with van der Waals surface area (Å²) >= 11 is 2.92. The third kappa shape index (κ3) is 5.33. The van der Waals surface area contributed by atoms with Crippen molar-refractivity contribution in [3.63, 3.8) is 0 Å². The number of fused-ring (bicyclic) bond motifs is 2. The highest BCUT2D eigenvalue weighted by molar-refractivity contribution is 7.18. The minimum atomic E-state index is -0.0640. The number of furan rings is 1. The van der Waals surface area contributed by atoms with Crippen LogP contribution in [0.5, 0.6) is 16.7 Å². The van der Waals surface area contributed by atoms with E-state index in [1.807, 2.05) is 57.2 Å². The molecule has 0 amide bonds. The van der Waals surface area contributed by atoms with Gasteiger partial charge in [0.1, 0.15) is 34.4 Å². The van der Waals surface area contributed by atoms with Gasteiger partial charge in [0.05, 0.1) is 38.1 Å². The fourth-order valence-electron chi connectivity index (χ4n) is 3.98. The Balaban J connectivity index is 0.00000151. The first kappa shape index (κ1) is 26.7. The molecule has 0 saturated heterocycles. The molecule has 1 N–H and O–H groups in total. The van der Waals surface area contributed by atoms with Crippen LogP contribution in [0.1, 0.15) is 30.0 Å². The number of imidazole rings is 1. The number of rotatable bonds is 8. The molecule has 0 saturated carbocycles. The lowest BCUT2D eigenvalue weighted by atomic mass is 10.1. The highest BCUT2D eigenvalue weighted by atomic mass is 32.1. The third-order valence-electron chi connectivity index (χ3n) is 5.87. The number of aromatic nitrogens is 4. The number of hydrogen-bond acceptors (Lipinski definition) is 10. The van der Waals surface area contributed by atoms with E-state index in [9.17, 15) is 5.11 Å². The summed E-state index contributed by atoms with van der Waals surface area (Å²) in [6.07, 6.45) is 1.80. The van der Waals surface area contributed by atoms with Crippen LogP contribution in [-0.4, -0.2) is 38.9 Å². The number of aliphatic hydroxyl groups excluding tert-OH is 1. The van der Waals surface area contributed by atoms with E-state index >= 15 is 0 Å². The Labute approximate surface area is 233 Å². The van der Waals surface area contributed by atoms with Crippen LogP contribution in [0.4, 0.5) is 0 Å². The van der Waals surface area contributed by atoms with Gasteiger partial charge in [-0.25, -0.2) is 14.5 Å². The minimum absolute atomic E-state index is 0.0640. The van der Waals surface area contributed by atoms with Crippen molar-refractivity contribution in [2.45, 2.75) is 34.0 Å².